The first-order valence-corrected chi connectivity index (χ1v) is 5.10. The maximum atomic E-state index is 9.92. The van der Waals surface area contributed by atoms with Crippen molar-refractivity contribution in [3.8, 4) is 0 Å². The van der Waals surface area contributed by atoms with Crippen molar-refractivity contribution < 1.29 is 28.3 Å². The highest BCUT2D eigenvalue weighted by molar-refractivity contribution is 6.21. The zero-order chi connectivity index (χ0) is 9.94. The highest BCUT2D eigenvalue weighted by Crippen LogP contribution is 1.79. The molecule has 0 radical (unpaired) electrons. The molecule has 0 spiro atoms. The quantitative estimate of drug-likeness (QED) is 0.342. The van der Waals surface area contributed by atoms with Gasteiger partial charge in [-0.1, -0.05) is 0 Å². The second-order valence-electron chi connectivity index (χ2n) is 2.05. The van der Waals surface area contributed by atoms with Crippen LogP contribution in [-0.2, 0) is 18.4 Å². The Bertz CT molecular complexity index is 130. The van der Waals surface area contributed by atoms with Crippen molar-refractivity contribution in [3.63, 3.8) is 0 Å². The van der Waals surface area contributed by atoms with Gasteiger partial charge in [0, 0.05) is 6.61 Å². The third kappa shape index (κ3) is 11.5. The van der Waals surface area contributed by atoms with E-state index in [-0.39, 0.29) is 26.4 Å². The molecular weight excluding hydrogens is 196 g/mol. The Labute approximate surface area is 77.9 Å². The van der Waals surface area contributed by atoms with E-state index in [0.29, 0.717) is 13.2 Å². The molecule has 78 valence electrons. The van der Waals surface area contributed by atoms with Crippen molar-refractivity contribution >= 4 is 9.17 Å². The maximum absolute atomic E-state index is 9.92. The van der Waals surface area contributed by atoms with Crippen LogP contribution in [-0.4, -0.2) is 53.9 Å². The topological polar surface area (TPSA) is 88.1 Å². The first-order chi connectivity index (χ1) is 6.27. The molecule has 0 fully saturated rings. The molecular formula is C6H13O6Si-. The van der Waals surface area contributed by atoms with Gasteiger partial charge in [-0.2, -0.15) is 0 Å². The minimum absolute atomic E-state index is 0.0126. The van der Waals surface area contributed by atoms with Gasteiger partial charge in [-0.25, -0.2) is 0 Å². The molecule has 7 heteroatoms. The van der Waals surface area contributed by atoms with Gasteiger partial charge in [0.25, 0.3) is 0 Å². The summed E-state index contributed by atoms with van der Waals surface area (Å²) in [5.74, 6) is 0. The third-order valence-corrected chi connectivity index (χ3v) is 1.50. The average Bonchev–Trinajstić information content (AvgIpc) is 2.09. The molecule has 0 rings (SSSR count). The van der Waals surface area contributed by atoms with Crippen LogP contribution in [0.25, 0.3) is 0 Å². The Balaban J connectivity index is 2.87. The SMILES string of the molecule is O=[Si]([O-])OCCOCCOCCO. The molecule has 0 saturated carbocycles. The molecule has 0 aliphatic carbocycles. The van der Waals surface area contributed by atoms with E-state index in [1.165, 1.54) is 0 Å². The van der Waals surface area contributed by atoms with Crippen molar-refractivity contribution in [2.75, 3.05) is 39.6 Å². The summed E-state index contributed by atoms with van der Waals surface area (Å²) < 4.78 is 24.0. The molecule has 0 bridgehead atoms. The molecule has 0 atom stereocenters. The van der Waals surface area contributed by atoms with Gasteiger partial charge in [-0.3, -0.25) is 0 Å². The number of ether oxygens (including phenoxy) is 2. The van der Waals surface area contributed by atoms with E-state index in [4.69, 9.17) is 14.6 Å². The molecule has 13 heavy (non-hydrogen) atoms. The van der Waals surface area contributed by atoms with Crippen LogP contribution in [0.2, 0.25) is 0 Å². The molecule has 0 aliphatic heterocycles. The lowest BCUT2D eigenvalue weighted by atomic mass is 10.7. The molecule has 0 unspecified atom stereocenters. The van der Waals surface area contributed by atoms with Crippen molar-refractivity contribution in [3.05, 3.63) is 0 Å². The van der Waals surface area contributed by atoms with Crippen molar-refractivity contribution in [2.24, 2.45) is 0 Å². The van der Waals surface area contributed by atoms with Crippen LogP contribution in [0.3, 0.4) is 0 Å². The molecule has 0 aromatic carbocycles. The molecule has 0 aliphatic rings. The monoisotopic (exact) mass is 209 g/mol. The first-order valence-electron chi connectivity index (χ1n) is 3.87. The number of aliphatic hydroxyl groups excluding tert-OH is 1. The van der Waals surface area contributed by atoms with Gasteiger partial charge < -0.3 is 28.3 Å². The lowest BCUT2D eigenvalue weighted by molar-refractivity contribution is -0.230. The first kappa shape index (κ1) is 12.5. The number of hydrogen-bond acceptors (Lipinski definition) is 6. The van der Waals surface area contributed by atoms with Gasteiger partial charge in [-0.15, -0.1) is 0 Å². The van der Waals surface area contributed by atoms with Gasteiger partial charge in [0.05, 0.1) is 33.0 Å². The largest absolute Gasteiger partial charge is 0.586 e. The van der Waals surface area contributed by atoms with Gasteiger partial charge >= 0.3 is 9.17 Å². The van der Waals surface area contributed by atoms with Gasteiger partial charge in [0.1, 0.15) is 0 Å². The van der Waals surface area contributed by atoms with E-state index < -0.39 is 9.17 Å². The highest BCUT2D eigenvalue weighted by atomic mass is 28.3. The van der Waals surface area contributed by atoms with Crippen LogP contribution in [0.1, 0.15) is 0 Å². The van der Waals surface area contributed by atoms with Crippen molar-refractivity contribution in [1.82, 2.24) is 0 Å². The van der Waals surface area contributed by atoms with Crippen LogP contribution >= 0.6 is 0 Å². The van der Waals surface area contributed by atoms with Crippen LogP contribution in [0.5, 0.6) is 0 Å². The van der Waals surface area contributed by atoms with Gasteiger partial charge in [0.2, 0.25) is 0 Å². The Morgan fingerprint density at radius 3 is 2.15 bits per heavy atom. The highest BCUT2D eigenvalue weighted by Gasteiger charge is 1.89. The number of aliphatic hydroxyl groups is 1. The lowest BCUT2D eigenvalue weighted by Crippen LogP contribution is -2.25. The van der Waals surface area contributed by atoms with Crippen LogP contribution in [0, 0.1) is 0 Å². The summed E-state index contributed by atoms with van der Waals surface area (Å²) in [7, 11) is -3.08. The van der Waals surface area contributed by atoms with Crippen LogP contribution < -0.4 is 4.80 Å². The molecule has 6 nitrogen and oxygen atoms in total. The van der Waals surface area contributed by atoms with Crippen molar-refractivity contribution in [2.45, 2.75) is 0 Å². The van der Waals surface area contributed by atoms with E-state index in [9.17, 15) is 9.26 Å². The summed E-state index contributed by atoms with van der Waals surface area (Å²) in [6, 6.07) is 0. The minimum atomic E-state index is -3.08. The molecule has 0 aromatic heterocycles. The Morgan fingerprint density at radius 1 is 1.08 bits per heavy atom. The fourth-order valence-electron chi connectivity index (χ4n) is 0.570. The van der Waals surface area contributed by atoms with E-state index in [1.807, 2.05) is 0 Å². The van der Waals surface area contributed by atoms with E-state index in [1.54, 1.807) is 0 Å². The zero-order valence-electron chi connectivity index (χ0n) is 7.23. The fourth-order valence-corrected chi connectivity index (χ4v) is 0.820. The Hall–Kier alpha value is -0.503. The summed E-state index contributed by atoms with van der Waals surface area (Å²) in [4.78, 5) is 9.92. The standard InChI is InChI=1S/C6H13O6Si/c7-1-2-10-3-4-11-5-6-12-13(8)9/h7H,1-6H2/q-1. The zero-order valence-corrected chi connectivity index (χ0v) is 8.23. The predicted octanol–water partition coefficient (Wildman–Crippen LogP) is -2.20. The van der Waals surface area contributed by atoms with Gasteiger partial charge in [-0.05, 0) is 0 Å². The molecule has 0 heterocycles. The normalized spacial score (nSPS) is 9.92. The third-order valence-electron chi connectivity index (χ3n) is 1.06. The molecule has 0 aromatic rings. The molecule has 0 saturated heterocycles. The van der Waals surface area contributed by atoms with Crippen LogP contribution in [0.4, 0.5) is 0 Å². The van der Waals surface area contributed by atoms with E-state index in [0.717, 1.165) is 0 Å². The Kier molecular flexibility index (Phi) is 9.21. The van der Waals surface area contributed by atoms with Crippen molar-refractivity contribution in [1.29, 1.82) is 0 Å². The smallest absolute Gasteiger partial charge is 0.413 e. The predicted molar refractivity (Wildman–Crippen MR) is 41.1 cm³/mol. The second-order valence-corrected chi connectivity index (χ2v) is 2.84. The Morgan fingerprint density at radius 2 is 1.62 bits per heavy atom. The summed E-state index contributed by atoms with van der Waals surface area (Å²) >= 11 is 0. The van der Waals surface area contributed by atoms with E-state index >= 15 is 0 Å². The summed E-state index contributed by atoms with van der Waals surface area (Å²) in [5, 5.41) is 8.32. The number of rotatable bonds is 9. The molecule has 1 N–H and O–H groups in total. The minimum Gasteiger partial charge on any atom is -0.586 e. The lowest BCUT2D eigenvalue weighted by Gasteiger charge is -2.08. The number of hydrogen-bond donors (Lipinski definition) is 1. The second kappa shape index (κ2) is 9.58. The summed E-state index contributed by atoms with van der Waals surface area (Å²) in [6.45, 7) is 1.29. The average molecular weight is 209 g/mol. The van der Waals surface area contributed by atoms with Gasteiger partial charge in [0.15, 0.2) is 0 Å². The fraction of sp³-hybridized carbons (Fsp3) is 1.00. The summed E-state index contributed by atoms with van der Waals surface area (Å²) in [5.41, 5.74) is 0. The van der Waals surface area contributed by atoms with Crippen LogP contribution in [0.15, 0.2) is 0 Å². The molecule has 0 amide bonds. The maximum Gasteiger partial charge on any atom is 0.413 e. The van der Waals surface area contributed by atoms with E-state index in [2.05, 4.69) is 4.43 Å². The summed E-state index contributed by atoms with van der Waals surface area (Å²) in [6.07, 6.45) is 0.